The first-order valence-corrected chi connectivity index (χ1v) is 11.7. The number of rotatable bonds is 4. The number of hydrogen-bond donors (Lipinski definition) is 0. The first kappa shape index (κ1) is 19.5. The van der Waals surface area contributed by atoms with Crippen molar-refractivity contribution in [1.29, 1.82) is 0 Å². The van der Waals surface area contributed by atoms with Crippen molar-refractivity contribution < 1.29 is 13.2 Å². The lowest BCUT2D eigenvalue weighted by Gasteiger charge is -2.42. The SMILES string of the molecule is Cc1cc(F)c(CN2CCC(O[Si](C)(C)C(C)(C)C)CC2)c(F)c1. The molecule has 0 N–H and O–H groups in total. The van der Waals surface area contributed by atoms with Gasteiger partial charge in [-0.25, -0.2) is 8.78 Å². The van der Waals surface area contributed by atoms with Crippen molar-refractivity contribution in [3.63, 3.8) is 0 Å². The van der Waals surface area contributed by atoms with Crippen molar-refractivity contribution >= 4 is 8.32 Å². The molecule has 1 saturated heterocycles. The van der Waals surface area contributed by atoms with Gasteiger partial charge < -0.3 is 4.43 Å². The maximum Gasteiger partial charge on any atom is 0.192 e. The zero-order chi connectivity index (χ0) is 18.1. The Labute approximate surface area is 146 Å². The molecule has 0 spiro atoms. The molecule has 0 atom stereocenters. The van der Waals surface area contributed by atoms with Crippen molar-refractivity contribution in [2.75, 3.05) is 13.1 Å². The monoisotopic (exact) mass is 355 g/mol. The molecular formula is C19H31F2NOSi. The minimum atomic E-state index is -1.75. The highest BCUT2D eigenvalue weighted by molar-refractivity contribution is 6.74. The van der Waals surface area contributed by atoms with Crippen LogP contribution in [0.15, 0.2) is 12.1 Å². The zero-order valence-corrected chi connectivity index (χ0v) is 16.9. The molecule has 1 aliphatic rings. The van der Waals surface area contributed by atoms with Crippen molar-refractivity contribution in [2.24, 2.45) is 0 Å². The summed E-state index contributed by atoms with van der Waals surface area (Å²) >= 11 is 0. The fourth-order valence-corrected chi connectivity index (χ4v) is 4.31. The van der Waals surface area contributed by atoms with Crippen LogP contribution in [0.1, 0.15) is 44.7 Å². The largest absolute Gasteiger partial charge is 0.414 e. The van der Waals surface area contributed by atoms with Crippen LogP contribution in [0.5, 0.6) is 0 Å². The zero-order valence-electron chi connectivity index (χ0n) is 15.9. The van der Waals surface area contributed by atoms with Crippen LogP contribution in [0.4, 0.5) is 8.78 Å². The number of benzene rings is 1. The van der Waals surface area contributed by atoms with E-state index < -0.39 is 20.0 Å². The van der Waals surface area contributed by atoms with Gasteiger partial charge in [0.05, 0.1) is 0 Å². The van der Waals surface area contributed by atoms with E-state index in [-0.39, 0.29) is 16.7 Å². The van der Waals surface area contributed by atoms with Gasteiger partial charge in [-0.05, 0) is 55.6 Å². The van der Waals surface area contributed by atoms with Gasteiger partial charge in [0.25, 0.3) is 0 Å². The molecule has 1 heterocycles. The maximum absolute atomic E-state index is 14.0. The summed E-state index contributed by atoms with van der Waals surface area (Å²) in [5, 5.41) is 0.207. The third-order valence-electron chi connectivity index (χ3n) is 5.47. The van der Waals surface area contributed by atoms with Crippen LogP contribution in [0.2, 0.25) is 18.1 Å². The van der Waals surface area contributed by atoms with E-state index in [0.29, 0.717) is 12.1 Å². The van der Waals surface area contributed by atoms with Gasteiger partial charge in [0.1, 0.15) is 11.6 Å². The Bertz CT molecular complexity index is 552. The molecular weight excluding hydrogens is 324 g/mol. The van der Waals surface area contributed by atoms with E-state index >= 15 is 0 Å². The van der Waals surface area contributed by atoms with Crippen molar-refractivity contribution in [2.45, 2.75) is 71.3 Å². The lowest BCUT2D eigenvalue weighted by Crippen LogP contribution is -2.47. The van der Waals surface area contributed by atoms with E-state index in [4.69, 9.17) is 4.43 Å². The molecule has 0 saturated carbocycles. The van der Waals surface area contributed by atoms with Gasteiger partial charge in [0.2, 0.25) is 0 Å². The topological polar surface area (TPSA) is 12.5 Å². The van der Waals surface area contributed by atoms with Crippen LogP contribution >= 0.6 is 0 Å². The molecule has 0 radical (unpaired) electrons. The molecule has 1 aromatic carbocycles. The molecule has 0 aromatic heterocycles. The van der Waals surface area contributed by atoms with E-state index in [1.807, 2.05) is 0 Å². The number of likely N-dealkylation sites (tertiary alicyclic amines) is 1. The second-order valence-corrected chi connectivity index (χ2v) is 13.3. The Kier molecular flexibility index (Phi) is 5.88. The quantitative estimate of drug-likeness (QED) is 0.683. The first-order chi connectivity index (χ1) is 11.0. The summed E-state index contributed by atoms with van der Waals surface area (Å²) in [6, 6.07) is 2.82. The van der Waals surface area contributed by atoms with Gasteiger partial charge >= 0.3 is 0 Å². The number of halogens is 2. The van der Waals surface area contributed by atoms with Crippen LogP contribution in [-0.2, 0) is 11.0 Å². The summed E-state index contributed by atoms with van der Waals surface area (Å²) in [4.78, 5) is 2.13. The predicted octanol–water partition coefficient (Wildman–Crippen LogP) is 5.26. The van der Waals surface area contributed by atoms with Crippen LogP contribution in [0.3, 0.4) is 0 Å². The van der Waals surface area contributed by atoms with E-state index in [1.54, 1.807) is 6.92 Å². The third-order valence-corrected chi connectivity index (χ3v) is 10.0. The van der Waals surface area contributed by atoms with E-state index in [9.17, 15) is 8.78 Å². The highest BCUT2D eigenvalue weighted by Crippen LogP contribution is 2.38. The number of nitrogens with zero attached hydrogens (tertiary/aromatic N) is 1. The lowest BCUT2D eigenvalue weighted by molar-refractivity contribution is 0.0852. The molecule has 24 heavy (non-hydrogen) atoms. The summed E-state index contributed by atoms with van der Waals surface area (Å²) in [5.41, 5.74) is 0.805. The van der Waals surface area contributed by atoms with Gasteiger partial charge in [-0.3, -0.25) is 4.90 Å². The number of piperidine rings is 1. The van der Waals surface area contributed by atoms with Crippen LogP contribution < -0.4 is 0 Å². The molecule has 136 valence electrons. The minimum absolute atomic E-state index is 0.185. The second kappa shape index (κ2) is 7.22. The number of hydrogen-bond acceptors (Lipinski definition) is 2. The lowest BCUT2D eigenvalue weighted by atomic mass is 10.1. The Morgan fingerprint density at radius 3 is 2.08 bits per heavy atom. The Morgan fingerprint density at radius 2 is 1.62 bits per heavy atom. The Balaban J connectivity index is 1.92. The number of aryl methyl sites for hydroxylation is 1. The average Bonchev–Trinajstić information content (AvgIpc) is 2.43. The van der Waals surface area contributed by atoms with Crippen molar-refractivity contribution in [1.82, 2.24) is 4.90 Å². The second-order valence-electron chi connectivity index (χ2n) is 8.56. The molecule has 1 aromatic rings. The molecule has 0 amide bonds. The molecule has 1 aliphatic heterocycles. The predicted molar refractivity (Wildman–Crippen MR) is 97.7 cm³/mol. The van der Waals surface area contributed by atoms with Gasteiger partial charge in [-0.1, -0.05) is 20.8 Å². The Morgan fingerprint density at radius 1 is 1.12 bits per heavy atom. The van der Waals surface area contributed by atoms with E-state index in [1.165, 1.54) is 12.1 Å². The van der Waals surface area contributed by atoms with E-state index in [2.05, 4.69) is 38.8 Å². The summed E-state index contributed by atoms with van der Waals surface area (Å²) in [6.07, 6.45) is 2.14. The normalized spacial score (nSPS) is 18.2. The molecule has 0 unspecified atom stereocenters. The van der Waals surface area contributed by atoms with Crippen LogP contribution in [0, 0.1) is 18.6 Å². The van der Waals surface area contributed by atoms with Crippen molar-refractivity contribution in [3.05, 3.63) is 34.9 Å². The fraction of sp³-hybridized carbons (Fsp3) is 0.684. The van der Waals surface area contributed by atoms with Gasteiger partial charge in [-0.2, -0.15) is 0 Å². The van der Waals surface area contributed by atoms with Crippen LogP contribution in [0.25, 0.3) is 0 Å². The fourth-order valence-electron chi connectivity index (χ4n) is 2.88. The molecule has 0 bridgehead atoms. The molecule has 2 rings (SSSR count). The van der Waals surface area contributed by atoms with Crippen LogP contribution in [-0.4, -0.2) is 32.4 Å². The third kappa shape index (κ3) is 4.64. The molecule has 0 aliphatic carbocycles. The van der Waals surface area contributed by atoms with Gasteiger partial charge in [-0.15, -0.1) is 0 Å². The van der Waals surface area contributed by atoms with E-state index in [0.717, 1.165) is 25.9 Å². The minimum Gasteiger partial charge on any atom is -0.414 e. The summed E-state index contributed by atoms with van der Waals surface area (Å²) in [5.74, 6) is -0.876. The summed E-state index contributed by atoms with van der Waals surface area (Å²) in [6.45, 7) is 15.0. The molecule has 5 heteroatoms. The molecule has 2 nitrogen and oxygen atoms in total. The molecule has 1 fully saturated rings. The smallest absolute Gasteiger partial charge is 0.192 e. The highest BCUT2D eigenvalue weighted by atomic mass is 28.4. The van der Waals surface area contributed by atoms with Crippen molar-refractivity contribution in [3.8, 4) is 0 Å². The maximum atomic E-state index is 14.0. The Hall–Kier alpha value is -0.783. The first-order valence-electron chi connectivity index (χ1n) is 8.84. The van der Waals surface area contributed by atoms with Gasteiger partial charge in [0.15, 0.2) is 8.32 Å². The van der Waals surface area contributed by atoms with Gasteiger partial charge in [0, 0.05) is 31.3 Å². The summed E-state index contributed by atoms with van der Waals surface area (Å²) < 4.78 is 34.5. The highest BCUT2D eigenvalue weighted by Gasteiger charge is 2.39. The average molecular weight is 356 g/mol. The standard InChI is InChI=1S/C19H31F2NOSi/c1-14-11-17(20)16(18(21)12-14)13-22-9-7-15(8-10-22)23-24(5,6)19(2,3)4/h11-12,15H,7-10,13H2,1-6H3. The summed E-state index contributed by atoms with van der Waals surface area (Å²) in [7, 11) is -1.75.